The van der Waals surface area contributed by atoms with Crippen LogP contribution in [0.15, 0.2) is 36.8 Å². The quantitative estimate of drug-likeness (QED) is 0.897. The lowest BCUT2D eigenvalue weighted by molar-refractivity contribution is 0.147. The summed E-state index contributed by atoms with van der Waals surface area (Å²) >= 11 is 0. The fourth-order valence-electron chi connectivity index (χ4n) is 5.16. The largest absolute Gasteiger partial charge is 0.337 e. The van der Waals surface area contributed by atoms with E-state index < -0.39 is 0 Å². The number of fused-ring (bicyclic) bond motifs is 2. The first-order chi connectivity index (χ1) is 12.7. The van der Waals surface area contributed by atoms with E-state index in [4.69, 9.17) is 0 Å². The second-order valence-corrected chi connectivity index (χ2v) is 8.75. The van der Waals surface area contributed by atoms with E-state index in [1.165, 1.54) is 63.0 Å². The van der Waals surface area contributed by atoms with Crippen LogP contribution in [0.4, 0.5) is 0 Å². The SMILES string of the molecule is Cn1cncc1CN[C@@H]1CC2(CCN(CC3CC3)CC2)c2ccccc21. The third-order valence-corrected chi connectivity index (χ3v) is 6.97. The van der Waals surface area contributed by atoms with E-state index in [2.05, 4.69) is 51.1 Å². The topological polar surface area (TPSA) is 33.1 Å². The van der Waals surface area contributed by atoms with Gasteiger partial charge >= 0.3 is 0 Å². The standard InChI is InChI=1S/C22H30N4/c1-25-16-23-13-18(25)14-24-21-12-22(20-5-3-2-4-19(20)21)8-10-26(11-9-22)15-17-6-7-17/h2-5,13,16-17,21,24H,6-12,14-15H2,1H3/t21-/m1/s1. The molecule has 0 radical (unpaired) electrons. The Labute approximate surface area is 156 Å². The molecule has 2 fully saturated rings. The number of nitrogens with zero attached hydrogens (tertiary/aromatic N) is 3. The van der Waals surface area contributed by atoms with Crippen LogP contribution in [0.2, 0.25) is 0 Å². The molecule has 1 saturated carbocycles. The maximum absolute atomic E-state index is 4.25. The lowest BCUT2D eigenvalue weighted by Crippen LogP contribution is -2.42. The van der Waals surface area contributed by atoms with Gasteiger partial charge in [0.25, 0.3) is 0 Å². The van der Waals surface area contributed by atoms with Crippen LogP contribution in [0.3, 0.4) is 0 Å². The summed E-state index contributed by atoms with van der Waals surface area (Å²) in [5.74, 6) is 1.01. The monoisotopic (exact) mass is 350 g/mol. The molecule has 1 aromatic carbocycles. The van der Waals surface area contributed by atoms with E-state index in [0.29, 0.717) is 11.5 Å². The van der Waals surface area contributed by atoms with Gasteiger partial charge in [-0.2, -0.15) is 0 Å². The van der Waals surface area contributed by atoms with Crippen molar-refractivity contribution in [3.05, 3.63) is 53.6 Å². The molecular formula is C22H30N4. The third kappa shape index (κ3) is 2.99. The Morgan fingerprint density at radius 1 is 1.19 bits per heavy atom. The number of aryl methyl sites for hydroxylation is 1. The average molecular weight is 351 g/mol. The minimum atomic E-state index is 0.390. The molecule has 2 aliphatic carbocycles. The number of hydrogen-bond acceptors (Lipinski definition) is 3. The molecule has 0 amide bonds. The smallest absolute Gasteiger partial charge is 0.0945 e. The van der Waals surface area contributed by atoms with Crippen molar-refractivity contribution in [2.45, 2.75) is 50.1 Å². The predicted octanol–water partition coefficient (Wildman–Crippen LogP) is 3.40. The van der Waals surface area contributed by atoms with Crippen molar-refractivity contribution in [1.82, 2.24) is 19.8 Å². The summed E-state index contributed by atoms with van der Waals surface area (Å²) in [6, 6.07) is 9.66. The number of likely N-dealkylation sites (tertiary alicyclic amines) is 1. The third-order valence-electron chi connectivity index (χ3n) is 6.97. The average Bonchev–Trinajstić information content (AvgIpc) is 3.31. The number of imidazole rings is 1. The Hall–Kier alpha value is -1.65. The van der Waals surface area contributed by atoms with E-state index in [1.54, 1.807) is 5.56 Å². The Bertz CT molecular complexity index is 768. The number of nitrogens with one attached hydrogen (secondary N) is 1. The molecule has 0 unspecified atom stereocenters. The maximum Gasteiger partial charge on any atom is 0.0945 e. The van der Waals surface area contributed by atoms with Crippen molar-refractivity contribution in [2.24, 2.45) is 13.0 Å². The van der Waals surface area contributed by atoms with Crippen LogP contribution in [-0.2, 0) is 19.0 Å². The molecule has 4 nitrogen and oxygen atoms in total. The predicted molar refractivity (Wildman–Crippen MR) is 104 cm³/mol. The molecule has 3 aliphatic rings. The molecule has 1 aromatic heterocycles. The summed E-state index contributed by atoms with van der Waals surface area (Å²) in [5, 5.41) is 3.83. The summed E-state index contributed by atoms with van der Waals surface area (Å²) < 4.78 is 2.11. The number of benzene rings is 1. The van der Waals surface area contributed by atoms with E-state index in [9.17, 15) is 0 Å². The van der Waals surface area contributed by atoms with Crippen molar-refractivity contribution < 1.29 is 0 Å². The highest BCUT2D eigenvalue weighted by Gasteiger charge is 2.45. The van der Waals surface area contributed by atoms with Crippen molar-refractivity contribution in [3.8, 4) is 0 Å². The Morgan fingerprint density at radius 3 is 2.73 bits per heavy atom. The van der Waals surface area contributed by atoms with Crippen LogP contribution in [0.25, 0.3) is 0 Å². The van der Waals surface area contributed by atoms with E-state index in [0.717, 1.165) is 12.5 Å². The van der Waals surface area contributed by atoms with Gasteiger partial charge in [-0.3, -0.25) is 0 Å². The fourth-order valence-corrected chi connectivity index (χ4v) is 5.16. The molecule has 26 heavy (non-hydrogen) atoms. The fraction of sp³-hybridized carbons (Fsp3) is 0.591. The zero-order valence-corrected chi connectivity index (χ0v) is 15.8. The van der Waals surface area contributed by atoms with E-state index in [-0.39, 0.29) is 0 Å². The van der Waals surface area contributed by atoms with Gasteiger partial charge in [-0.15, -0.1) is 0 Å². The molecule has 138 valence electrons. The lowest BCUT2D eigenvalue weighted by Gasteiger charge is -2.40. The van der Waals surface area contributed by atoms with Gasteiger partial charge in [0, 0.05) is 32.4 Å². The Kier molecular flexibility index (Phi) is 4.13. The highest BCUT2D eigenvalue weighted by atomic mass is 15.1. The summed E-state index contributed by atoms with van der Waals surface area (Å²) in [6.45, 7) is 4.79. The first-order valence-electron chi connectivity index (χ1n) is 10.2. The van der Waals surface area contributed by atoms with Crippen LogP contribution >= 0.6 is 0 Å². The van der Waals surface area contributed by atoms with Gasteiger partial charge in [0.05, 0.1) is 12.0 Å². The van der Waals surface area contributed by atoms with Gasteiger partial charge in [0.15, 0.2) is 0 Å². The first-order valence-corrected chi connectivity index (χ1v) is 10.2. The second-order valence-electron chi connectivity index (χ2n) is 8.75. The van der Waals surface area contributed by atoms with Crippen molar-refractivity contribution in [2.75, 3.05) is 19.6 Å². The highest BCUT2D eigenvalue weighted by Crippen LogP contribution is 2.51. The summed E-state index contributed by atoms with van der Waals surface area (Å²) in [7, 11) is 2.07. The van der Waals surface area contributed by atoms with Crippen LogP contribution in [0.5, 0.6) is 0 Å². The summed E-state index contributed by atoms with van der Waals surface area (Å²) in [5.41, 5.74) is 4.79. The molecular weight excluding hydrogens is 320 g/mol. The number of hydrogen-bond donors (Lipinski definition) is 1. The molecule has 0 bridgehead atoms. The summed E-state index contributed by atoms with van der Waals surface area (Å²) in [4.78, 5) is 6.97. The van der Waals surface area contributed by atoms with Crippen LogP contribution in [-0.4, -0.2) is 34.1 Å². The molecule has 1 aliphatic heterocycles. The number of aromatic nitrogens is 2. The highest BCUT2D eigenvalue weighted by molar-refractivity contribution is 5.42. The van der Waals surface area contributed by atoms with Crippen molar-refractivity contribution >= 4 is 0 Å². The van der Waals surface area contributed by atoms with Crippen molar-refractivity contribution in [3.63, 3.8) is 0 Å². The van der Waals surface area contributed by atoms with Crippen LogP contribution in [0, 0.1) is 5.92 Å². The van der Waals surface area contributed by atoms with E-state index >= 15 is 0 Å². The minimum Gasteiger partial charge on any atom is -0.337 e. The Morgan fingerprint density at radius 2 is 2.00 bits per heavy atom. The molecule has 2 heterocycles. The molecule has 1 atom stereocenters. The van der Waals surface area contributed by atoms with Gasteiger partial charge in [-0.05, 0) is 67.7 Å². The maximum atomic E-state index is 4.25. The molecule has 5 rings (SSSR count). The molecule has 2 aromatic rings. The van der Waals surface area contributed by atoms with Crippen molar-refractivity contribution in [1.29, 1.82) is 0 Å². The number of rotatable bonds is 5. The molecule has 4 heteroatoms. The van der Waals surface area contributed by atoms with Gasteiger partial charge in [0.1, 0.15) is 0 Å². The molecule has 1 spiro atoms. The molecule has 1 saturated heterocycles. The molecule has 1 N–H and O–H groups in total. The first kappa shape index (κ1) is 16.5. The van der Waals surface area contributed by atoms with Crippen LogP contribution in [0.1, 0.15) is 55.0 Å². The van der Waals surface area contributed by atoms with Gasteiger partial charge in [-0.25, -0.2) is 4.98 Å². The zero-order valence-electron chi connectivity index (χ0n) is 15.8. The second kappa shape index (κ2) is 6.50. The normalized spacial score (nSPS) is 24.9. The minimum absolute atomic E-state index is 0.390. The van der Waals surface area contributed by atoms with Crippen LogP contribution < -0.4 is 5.32 Å². The Balaban J connectivity index is 1.31. The van der Waals surface area contributed by atoms with Gasteiger partial charge in [-0.1, -0.05) is 24.3 Å². The summed E-state index contributed by atoms with van der Waals surface area (Å²) in [6.07, 6.45) is 10.7. The zero-order chi connectivity index (χ0) is 17.6. The number of piperidine rings is 1. The lowest BCUT2D eigenvalue weighted by atomic mass is 9.73. The van der Waals surface area contributed by atoms with Gasteiger partial charge in [0.2, 0.25) is 0 Å². The van der Waals surface area contributed by atoms with E-state index in [1.807, 2.05) is 12.5 Å². The van der Waals surface area contributed by atoms with Gasteiger partial charge < -0.3 is 14.8 Å².